The lowest BCUT2D eigenvalue weighted by molar-refractivity contribution is 0.0688. The number of nitrogens with zero attached hydrogens (tertiary/aromatic N) is 3. The Labute approximate surface area is 73.6 Å². The molecule has 0 aliphatic heterocycles. The zero-order valence-electron chi connectivity index (χ0n) is 6.93. The highest BCUT2D eigenvalue weighted by molar-refractivity contribution is 5.88. The third-order valence-corrected chi connectivity index (χ3v) is 1.87. The summed E-state index contributed by atoms with van der Waals surface area (Å²) in [4.78, 5) is 10.9. The maximum atomic E-state index is 10.9. The fourth-order valence-corrected chi connectivity index (χ4v) is 1.27. The zero-order valence-corrected chi connectivity index (χ0v) is 6.93. The lowest BCUT2D eigenvalue weighted by Gasteiger charge is -2.02. The van der Waals surface area contributed by atoms with Crippen LogP contribution in [-0.2, 0) is 0 Å². The van der Waals surface area contributed by atoms with E-state index >= 15 is 0 Å². The van der Waals surface area contributed by atoms with E-state index in [2.05, 4.69) is 10.2 Å². The average molecular weight is 177 g/mol. The topological polar surface area (TPSA) is 67.5 Å². The molecule has 5 heteroatoms. The van der Waals surface area contributed by atoms with E-state index < -0.39 is 5.97 Å². The molecule has 0 spiro atoms. The minimum atomic E-state index is -0.970. The molecule has 0 aliphatic rings. The Morgan fingerprint density at radius 2 is 2.31 bits per heavy atom. The molecule has 2 aromatic heterocycles. The zero-order chi connectivity index (χ0) is 9.42. The van der Waals surface area contributed by atoms with Crippen molar-refractivity contribution < 1.29 is 9.90 Å². The number of pyridine rings is 1. The predicted octanol–water partition coefficient (Wildman–Crippen LogP) is 0.736. The summed E-state index contributed by atoms with van der Waals surface area (Å²) >= 11 is 0. The second-order valence-electron chi connectivity index (χ2n) is 2.73. The van der Waals surface area contributed by atoms with E-state index in [1.807, 2.05) is 0 Å². The smallest absolute Gasteiger partial charge is 0.353 e. The van der Waals surface area contributed by atoms with Crippen LogP contribution in [0.4, 0.5) is 0 Å². The molecule has 2 heterocycles. The molecule has 0 saturated heterocycles. The molecule has 0 amide bonds. The molecular weight excluding hydrogens is 170 g/mol. The van der Waals surface area contributed by atoms with Gasteiger partial charge in [0.1, 0.15) is 12.0 Å². The van der Waals surface area contributed by atoms with Crippen molar-refractivity contribution in [3.63, 3.8) is 0 Å². The van der Waals surface area contributed by atoms with Gasteiger partial charge in [-0.15, -0.1) is 10.2 Å². The van der Waals surface area contributed by atoms with Gasteiger partial charge in [-0.25, -0.2) is 4.79 Å². The summed E-state index contributed by atoms with van der Waals surface area (Å²) in [5.41, 5.74) is 1.45. The van der Waals surface area contributed by atoms with Crippen molar-refractivity contribution in [1.29, 1.82) is 0 Å². The molecule has 0 radical (unpaired) electrons. The van der Waals surface area contributed by atoms with Crippen LogP contribution in [0.1, 0.15) is 16.1 Å². The van der Waals surface area contributed by atoms with E-state index in [-0.39, 0.29) is 5.69 Å². The van der Waals surface area contributed by atoms with Gasteiger partial charge in [-0.1, -0.05) is 6.07 Å². The Bertz CT molecular complexity index is 475. The van der Waals surface area contributed by atoms with Crippen molar-refractivity contribution in [2.24, 2.45) is 0 Å². The van der Waals surface area contributed by atoms with E-state index in [9.17, 15) is 4.79 Å². The number of rotatable bonds is 1. The standard InChI is InChI=1S/C8H7N3O2/c1-5-2-3-6-10-9-4-11(6)7(5)8(12)13/h2-4H,1H3,(H,12,13). The van der Waals surface area contributed by atoms with Crippen molar-refractivity contribution in [2.45, 2.75) is 6.92 Å². The molecule has 1 N–H and O–H groups in total. The summed E-state index contributed by atoms with van der Waals surface area (Å²) in [5, 5.41) is 16.3. The van der Waals surface area contributed by atoms with Gasteiger partial charge in [0.2, 0.25) is 0 Å². The second-order valence-corrected chi connectivity index (χ2v) is 2.73. The van der Waals surface area contributed by atoms with E-state index in [0.717, 1.165) is 0 Å². The lowest BCUT2D eigenvalue weighted by atomic mass is 10.2. The van der Waals surface area contributed by atoms with Gasteiger partial charge in [-0.3, -0.25) is 4.40 Å². The summed E-state index contributed by atoms with van der Waals surface area (Å²) in [6.45, 7) is 1.74. The van der Waals surface area contributed by atoms with Crippen LogP contribution < -0.4 is 0 Å². The minimum Gasteiger partial charge on any atom is -0.477 e. The molecule has 0 aromatic carbocycles. The first kappa shape index (κ1) is 7.72. The molecule has 0 bridgehead atoms. The molecule has 2 rings (SSSR count). The van der Waals surface area contributed by atoms with Crippen LogP contribution in [0, 0.1) is 6.92 Å². The van der Waals surface area contributed by atoms with Crippen molar-refractivity contribution in [3.05, 3.63) is 29.7 Å². The number of hydrogen-bond acceptors (Lipinski definition) is 3. The van der Waals surface area contributed by atoms with E-state index in [1.165, 1.54) is 10.7 Å². The first-order chi connectivity index (χ1) is 6.20. The van der Waals surface area contributed by atoms with Gasteiger partial charge < -0.3 is 5.11 Å². The monoisotopic (exact) mass is 177 g/mol. The largest absolute Gasteiger partial charge is 0.477 e. The molecule has 5 nitrogen and oxygen atoms in total. The van der Waals surface area contributed by atoms with Crippen molar-refractivity contribution in [1.82, 2.24) is 14.6 Å². The Balaban J connectivity index is 2.88. The highest BCUT2D eigenvalue weighted by Crippen LogP contribution is 2.10. The predicted molar refractivity (Wildman–Crippen MR) is 44.7 cm³/mol. The number of hydrogen-bond donors (Lipinski definition) is 1. The fourth-order valence-electron chi connectivity index (χ4n) is 1.27. The van der Waals surface area contributed by atoms with Gasteiger partial charge >= 0.3 is 5.97 Å². The number of carboxylic acids is 1. The Morgan fingerprint density at radius 3 is 3.00 bits per heavy atom. The van der Waals surface area contributed by atoms with Crippen molar-refractivity contribution in [3.8, 4) is 0 Å². The highest BCUT2D eigenvalue weighted by atomic mass is 16.4. The molecule has 0 atom stereocenters. The van der Waals surface area contributed by atoms with Gasteiger partial charge in [0.15, 0.2) is 5.65 Å². The molecular formula is C8H7N3O2. The quantitative estimate of drug-likeness (QED) is 0.697. The third kappa shape index (κ3) is 1.05. The summed E-state index contributed by atoms with van der Waals surface area (Å²) in [7, 11) is 0. The number of aryl methyl sites for hydroxylation is 1. The molecule has 66 valence electrons. The van der Waals surface area contributed by atoms with Crippen LogP contribution in [0.25, 0.3) is 5.65 Å². The number of carboxylic acid groups (broad SMARTS) is 1. The van der Waals surface area contributed by atoms with Gasteiger partial charge in [0, 0.05) is 0 Å². The van der Waals surface area contributed by atoms with E-state index in [0.29, 0.717) is 11.2 Å². The molecule has 0 aliphatic carbocycles. The molecule has 2 aromatic rings. The Hall–Kier alpha value is -1.91. The third-order valence-electron chi connectivity index (χ3n) is 1.87. The van der Waals surface area contributed by atoms with Crippen molar-refractivity contribution >= 4 is 11.6 Å². The Kier molecular flexibility index (Phi) is 1.51. The number of aromatic carboxylic acids is 1. The van der Waals surface area contributed by atoms with Crippen LogP contribution in [0.15, 0.2) is 18.5 Å². The molecule has 0 unspecified atom stereocenters. The lowest BCUT2D eigenvalue weighted by Crippen LogP contribution is -2.06. The van der Waals surface area contributed by atoms with Gasteiger partial charge in [-0.05, 0) is 18.6 Å². The van der Waals surface area contributed by atoms with Gasteiger partial charge in [-0.2, -0.15) is 0 Å². The molecule has 0 saturated carbocycles. The SMILES string of the molecule is Cc1ccc2nncn2c1C(=O)O. The van der Waals surface area contributed by atoms with E-state index in [4.69, 9.17) is 5.11 Å². The summed E-state index contributed by atoms with van der Waals surface area (Å²) < 4.78 is 1.46. The maximum absolute atomic E-state index is 10.9. The molecule has 13 heavy (non-hydrogen) atoms. The molecule has 0 fully saturated rings. The number of carbonyl (C=O) groups is 1. The summed E-state index contributed by atoms with van der Waals surface area (Å²) in [5.74, 6) is -0.970. The van der Waals surface area contributed by atoms with Gasteiger partial charge in [0.25, 0.3) is 0 Å². The number of aromatic nitrogens is 3. The summed E-state index contributed by atoms with van der Waals surface area (Å²) in [6, 6.07) is 3.45. The normalized spacial score (nSPS) is 10.5. The van der Waals surface area contributed by atoms with Crippen LogP contribution in [-0.4, -0.2) is 25.7 Å². The average Bonchev–Trinajstić information content (AvgIpc) is 2.50. The Morgan fingerprint density at radius 1 is 1.54 bits per heavy atom. The van der Waals surface area contributed by atoms with Crippen LogP contribution in [0.5, 0.6) is 0 Å². The first-order valence-electron chi connectivity index (χ1n) is 3.73. The fraction of sp³-hybridized carbons (Fsp3) is 0.125. The highest BCUT2D eigenvalue weighted by Gasteiger charge is 2.11. The first-order valence-corrected chi connectivity index (χ1v) is 3.73. The van der Waals surface area contributed by atoms with Gasteiger partial charge in [0.05, 0.1) is 0 Å². The maximum Gasteiger partial charge on any atom is 0.353 e. The minimum absolute atomic E-state index is 0.211. The van der Waals surface area contributed by atoms with Crippen LogP contribution in [0.3, 0.4) is 0 Å². The second kappa shape index (κ2) is 2.55. The van der Waals surface area contributed by atoms with Crippen LogP contribution in [0.2, 0.25) is 0 Å². The van der Waals surface area contributed by atoms with E-state index in [1.54, 1.807) is 19.1 Å². The number of fused-ring (bicyclic) bond motifs is 1. The van der Waals surface area contributed by atoms with Crippen LogP contribution >= 0.6 is 0 Å². The summed E-state index contributed by atoms with van der Waals surface area (Å²) in [6.07, 6.45) is 1.39. The van der Waals surface area contributed by atoms with Crippen molar-refractivity contribution in [2.75, 3.05) is 0 Å².